The number of hydrogen-bond donors (Lipinski definition) is 11. The van der Waals surface area contributed by atoms with E-state index >= 15 is 0 Å². The van der Waals surface area contributed by atoms with Crippen LogP contribution in [0.25, 0.3) is 11.1 Å². The molecule has 22 heteroatoms. The molecule has 0 saturated heterocycles. The van der Waals surface area contributed by atoms with Crippen molar-refractivity contribution in [2.75, 3.05) is 26.6 Å². The van der Waals surface area contributed by atoms with Crippen LogP contribution in [0.1, 0.15) is 68.8 Å². The van der Waals surface area contributed by atoms with Crippen LogP contribution in [0.15, 0.2) is 48.5 Å². The van der Waals surface area contributed by atoms with Gasteiger partial charge >= 0.3 is 13.1 Å². The van der Waals surface area contributed by atoms with E-state index in [9.17, 15) is 53.4 Å². The summed E-state index contributed by atoms with van der Waals surface area (Å²) in [6.45, 7) is 3.06. The Morgan fingerprint density at radius 3 is 1.85 bits per heavy atom. The molecule has 21 nitrogen and oxygen atoms in total. The minimum absolute atomic E-state index is 0.214. The summed E-state index contributed by atoms with van der Waals surface area (Å²) >= 11 is 0. The van der Waals surface area contributed by atoms with Crippen molar-refractivity contribution in [1.82, 2.24) is 36.8 Å². The van der Waals surface area contributed by atoms with E-state index in [2.05, 4.69) is 51.0 Å². The first kappa shape index (κ1) is 50.8. The Bertz CT molecular complexity index is 1860. The minimum Gasteiger partial charge on any atom is -0.481 e. The van der Waals surface area contributed by atoms with Crippen molar-refractivity contribution >= 4 is 60.3 Å². The molecule has 0 aliphatic rings. The first-order valence-corrected chi connectivity index (χ1v) is 19.5. The minimum atomic E-state index is -1.93. The molecular weight excluding hydrogens is 799 g/mol. The van der Waals surface area contributed by atoms with Gasteiger partial charge in [0.05, 0.1) is 26.0 Å². The third kappa shape index (κ3) is 17.4. The lowest BCUT2D eigenvalue weighted by atomic mass is 9.92. The number of likely N-dealkylation sites (N-methyl/N-ethyl adjacent to an activating group) is 1. The second-order valence-corrected chi connectivity index (χ2v) is 14.2. The number of carbonyl (C=O) groups is 9. The molecule has 0 aromatic heterocycles. The fourth-order valence-electron chi connectivity index (χ4n) is 5.65. The molecule has 2 aromatic carbocycles. The predicted molar refractivity (Wildman–Crippen MR) is 219 cm³/mol. The highest BCUT2D eigenvalue weighted by molar-refractivity contribution is 6.41. The van der Waals surface area contributed by atoms with Crippen LogP contribution in [-0.4, -0.2) is 142 Å². The van der Waals surface area contributed by atoms with Gasteiger partial charge in [-0.2, -0.15) is 0 Å². The highest BCUT2D eigenvalue weighted by Gasteiger charge is 2.32. The molecule has 5 atom stereocenters. The van der Waals surface area contributed by atoms with E-state index < -0.39 is 129 Å². The van der Waals surface area contributed by atoms with E-state index in [1.54, 1.807) is 24.3 Å². The number of nitrogens with two attached hydrogens (primary N) is 1. The molecule has 2 rings (SSSR count). The Morgan fingerprint density at radius 2 is 1.31 bits per heavy atom. The SMILES string of the molecule is CCCCc1ccc(-c2ccc(C(=O)N[C@H](CO)C(=O)N[C@H](C)C(=O)NCC(=O)N(C)[C@@H](CCC(=O)O)C(=O)N[C@@H](C)C(=O)N[C@@H](CC(N)=O)C(=O)NCB(O)O)cc2)cc1. The van der Waals surface area contributed by atoms with Crippen molar-refractivity contribution in [3.63, 3.8) is 0 Å². The molecule has 0 fully saturated rings. The smallest absolute Gasteiger partial charge is 0.472 e. The molecule has 0 heterocycles. The number of hydrogen-bond acceptors (Lipinski definition) is 12. The maximum Gasteiger partial charge on any atom is 0.472 e. The van der Waals surface area contributed by atoms with Crippen molar-refractivity contribution in [3.8, 4) is 11.1 Å². The summed E-state index contributed by atoms with van der Waals surface area (Å²) in [4.78, 5) is 114. The van der Waals surface area contributed by atoms with Gasteiger partial charge in [-0.1, -0.05) is 49.7 Å². The average Bonchev–Trinajstić information content (AvgIpc) is 3.22. The lowest BCUT2D eigenvalue weighted by Crippen LogP contribution is -2.57. The quantitative estimate of drug-likeness (QED) is 0.0447. The van der Waals surface area contributed by atoms with E-state index in [4.69, 9.17) is 15.8 Å². The third-order valence-electron chi connectivity index (χ3n) is 9.27. The van der Waals surface area contributed by atoms with E-state index in [0.29, 0.717) is 0 Å². The van der Waals surface area contributed by atoms with Crippen molar-refractivity contribution in [2.45, 2.75) is 89.5 Å². The zero-order valence-corrected chi connectivity index (χ0v) is 34.4. The number of nitrogens with zero attached hydrogens (tertiary/aromatic N) is 1. The molecule has 0 spiro atoms. The number of aliphatic hydroxyl groups excluding tert-OH is 1. The second-order valence-electron chi connectivity index (χ2n) is 14.2. The number of aryl methyl sites for hydroxylation is 1. The fraction of sp³-hybridized carbons (Fsp3) is 0.462. The molecular formula is C39H55BN8O13. The lowest BCUT2D eigenvalue weighted by Gasteiger charge is -2.29. The normalized spacial score (nSPS) is 13.2. The van der Waals surface area contributed by atoms with Gasteiger partial charge in [0, 0.05) is 19.0 Å². The summed E-state index contributed by atoms with van der Waals surface area (Å²) in [6.07, 6.45) is 0.836. The lowest BCUT2D eigenvalue weighted by molar-refractivity contribution is -0.142. The van der Waals surface area contributed by atoms with Gasteiger partial charge in [0.2, 0.25) is 41.4 Å². The molecule has 8 amide bonds. The van der Waals surface area contributed by atoms with Crippen LogP contribution in [0.5, 0.6) is 0 Å². The first-order chi connectivity index (χ1) is 28.8. The van der Waals surface area contributed by atoms with Gasteiger partial charge in [-0.15, -0.1) is 0 Å². The number of carboxylic acids is 1. The Hall–Kier alpha value is -6.39. The van der Waals surface area contributed by atoms with Crippen molar-refractivity contribution in [2.24, 2.45) is 5.73 Å². The standard InChI is InChI=1S/C39H55BN8O13/c1-5-6-7-24-8-10-25(11-9-24)26-12-14-27(15-13-26)36(56)47-29(20-49)38(58)44-22(2)34(54)42-19-32(51)48(4)30(16-17-33(52)53)39(59)45-23(3)35(55)46-28(18-31(41)50)37(57)43-21-40(60)61/h8-15,22-23,28-30,49,60-61H,5-7,16-21H2,1-4H3,(H2,41,50)(H,42,54)(H,43,57)(H,44,58)(H,45,59)(H,46,55)(H,47,56)(H,52,53)/t22-,23+,28+,29-,30+/m1/s1. The molecule has 12 N–H and O–H groups in total. The monoisotopic (exact) mass is 854 g/mol. The van der Waals surface area contributed by atoms with Gasteiger partial charge in [-0.3, -0.25) is 43.2 Å². The van der Waals surface area contributed by atoms with E-state index in [1.807, 2.05) is 12.1 Å². The van der Waals surface area contributed by atoms with Crippen LogP contribution in [-0.2, 0) is 44.8 Å². The number of carbonyl (C=O) groups excluding carboxylic acids is 8. The molecule has 0 unspecified atom stereocenters. The van der Waals surface area contributed by atoms with Crippen molar-refractivity contribution in [3.05, 3.63) is 59.7 Å². The first-order valence-electron chi connectivity index (χ1n) is 19.5. The van der Waals surface area contributed by atoms with Gasteiger partial charge in [0.1, 0.15) is 30.2 Å². The molecule has 2 aromatic rings. The van der Waals surface area contributed by atoms with Crippen LogP contribution in [0.3, 0.4) is 0 Å². The zero-order valence-electron chi connectivity index (χ0n) is 34.4. The van der Waals surface area contributed by atoms with Crippen LogP contribution >= 0.6 is 0 Å². The topological polar surface area (TPSA) is 336 Å². The number of amides is 8. The Morgan fingerprint density at radius 1 is 0.738 bits per heavy atom. The largest absolute Gasteiger partial charge is 0.481 e. The van der Waals surface area contributed by atoms with Crippen LogP contribution in [0, 0.1) is 0 Å². The van der Waals surface area contributed by atoms with Crippen LogP contribution < -0.4 is 37.6 Å². The fourth-order valence-corrected chi connectivity index (χ4v) is 5.65. The number of aliphatic hydroxyl groups is 1. The summed E-state index contributed by atoms with van der Waals surface area (Å²) < 4.78 is 0. The summed E-state index contributed by atoms with van der Waals surface area (Å²) in [5.74, 6) is -8.60. The molecule has 0 radical (unpaired) electrons. The van der Waals surface area contributed by atoms with Gasteiger partial charge in [0.15, 0.2) is 0 Å². The summed E-state index contributed by atoms with van der Waals surface area (Å²) in [5.41, 5.74) is 8.42. The Labute approximate surface area is 352 Å². The van der Waals surface area contributed by atoms with E-state index in [1.165, 1.54) is 19.4 Å². The van der Waals surface area contributed by atoms with Crippen molar-refractivity contribution in [1.29, 1.82) is 0 Å². The summed E-state index contributed by atoms with van der Waals surface area (Å²) in [5, 5.41) is 50.7. The van der Waals surface area contributed by atoms with Gasteiger partial charge in [-0.25, -0.2) is 0 Å². The molecule has 332 valence electrons. The van der Waals surface area contributed by atoms with Crippen LogP contribution in [0.4, 0.5) is 0 Å². The maximum atomic E-state index is 13.3. The van der Waals surface area contributed by atoms with Gasteiger partial charge in [-0.05, 0) is 61.9 Å². The number of primary amides is 1. The van der Waals surface area contributed by atoms with Gasteiger partial charge < -0.3 is 62.8 Å². The second kappa shape index (κ2) is 25.3. The maximum absolute atomic E-state index is 13.3. The predicted octanol–water partition coefficient (Wildman–Crippen LogP) is -2.91. The number of benzene rings is 2. The number of unbranched alkanes of at least 4 members (excludes halogenated alkanes) is 1. The summed E-state index contributed by atoms with van der Waals surface area (Å²) in [6, 6.07) is 7.54. The average molecular weight is 855 g/mol. The molecule has 0 bridgehead atoms. The molecule has 0 aliphatic carbocycles. The van der Waals surface area contributed by atoms with Gasteiger partial charge in [0.25, 0.3) is 5.91 Å². The van der Waals surface area contributed by atoms with E-state index in [0.717, 1.165) is 42.3 Å². The number of rotatable bonds is 25. The molecule has 0 saturated carbocycles. The summed E-state index contributed by atoms with van der Waals surface area (Å²) in [7, 11) is -0.787. The van der Waals surface area contributed by atoms with E-state index in [-0.39, 0.29) is 5.56 Å². The van der Waals surface area contributed by atoms with Crippen LogP contribution in [0.2, 0.25) is 0 Å². The third-order valence-corrected chi connectivity index (χ3v) is 9.27. The number of nitrogens with one attached hydrogen (secondary N) is 6. The number of carboxylic acid groups (broad SMARTS) is 1. The highest BCUT2D eigenvalue weighted by Crippen LogP contribution is 2.21. The molecule has 61 heavy (non-hydrogen) atoms. The zero-order chi connectivity index (χ0) is 45.8. The van der Waals surface area contributed by atoms with Crippen molar-refractivity contribution < 1.29 is 63.4 Å². The number of aliphatic carboxylic acids is 1. The Balaban J connectivity index is 1.98. The highest BCUT2D eigenvalue weighted by atomic mass is 16.4. The molecule has 0 aliphatic heterocycles. The Kier molecular flexibility index (Phi) is 21.0.